The van der Waals surface area contributed by atoms with Crippen molar-refractivity contribution in [1.29, 1.82) is 0 Å². The monoisotopic (exact) mass is 680 g/mol. The van der Waals surface area contributed by atoms with Crippen LogP contribution in [0, 0.1) is 17.8 Å². The molecule has 0 saturated heterocycles. The molecule has 6 aliphatic rings. The lowest BCUT2D eigenvalue weighted by Crippen LogP contribution is -2.48. The van der Waals surface area contributed by atoms with E-state index in [4.69, 9.17) is 0 Å². The zero-order chi connectivity index (χ0) is 34.8. The Bertz CT molecular complexity index is 2310. The number of hydrogen-bond donors (Lipinski definition) is 0. The topological polar surface area (TPSA) is 8.17 Å². The minimum Gasteiger partial charge on any atom is -0.343 e. The number of aromatic nitrogens is 1. The van der Waals surface area contributed by atoms with Gasteiger partial charge in [-0.05, 0) is 151 Å². The Morgan fingerprint density at radius 1 is 0.615 bits per heavy atom. The van der Waals surface area contributed by atoms with Crippen LogP contribution in [0.4, 0.5) is 17.1 Å². The van der Waals surface area contributed by atoms with Gasteiger partial charge in [0.25, 0.3) is 0 Å². The van der Waals surface area contributed by atoms with E-state index in [0.29, 0.717) is 11.3 Å². The van der Waals surface area contributed by atoms with Gasteiger partial charge in [-0.3, -0.25) is 0 Å². The normalized spacial score (nSPS) is 25.9. The molecule has 2 nitrogen and oxygen atoms in total. The van der Waals surface area contributed by atoms with Gasteiger partial charge < -0.3 is 9.47 Å². The first kappa shape index (κ1) is 31.2. The Morgan fingerprint density at radius 2 is 1.25 bits per heavy atom. The minimum absolute atomic E-state index is 0.107. The second-order valence-electron chi connectivity index (χ2n) is 18.3. The molecule has 1 aromatic heterocycles. The molecule has 52 heavy (non-hydrogen) atoms. The Labute approximate surface area is 309 Å². The second-order valence-corrected chi connectivity index (χ2v) is 18.3. The van der Waals surface area contributed by atoms with Gasteiger partial charge >= 0.3 is 0 Å². The Kier molecular flexibility index (Phi) is 6.82. The average molecular weight is 681 g/mol. The maximum Gasteiger partial charge on any atom is 0.0571 e. The van der Waals surface area contributed by atoms with Crippen LogP contribution in [0.1, 0.15) is 113 Å². The molecular weight excluding hydrogens is 629 g/mol. The average Bonchev–Trinajstić information content (AvgIpc) is 3.58. The fourth-order valence-corrected chi connectivity index (χ4v) is 12.8. The van der Waals surface area contributed by atoms with Gasteiger partial charge in [-0.1, -0.05) is 93.8 Å². The van der Waals surface area contributed by atoms with Gasteiger partial charge in [0.2, 0.25) is 0 Å². The quantitative estimate of drug-likeness (QED) is 0.176. The Balaban J connectivity index is 1.03. The van der Waals surface area contributed by atoms with E-state index in [2.05, 4.69) is 133 Å². The van der Waals surface area contributed by atoms with E-state index in [1.54, 1.807) is 5.56 Å². The predicted octanol–water partition coefficient (Wildman–Crippen LogP) is 13.6. The molecule has 0 aliphatic heterocycles. The maximum atomic E-state index is 2.54. The van der Waals surface area contributed by atoms with Crippen molar-refractivity contribution in [3.8, 4) is 11.1 Å². The lowest BCUT2D eigenvalue weighted by molar-refractivity contribution is -0.00518. The molecule has 0 N–H and O–H groups in total. The van der Waals surface area contributed by atoms with Crippen LogP contribution in [-0.4, -0.2) is 4.57 Å². The SMILES string of the molecule is Cn1c2ccccc2c2ccc3c(c21)-c1ccc(N(c2ccc(C4CCCCC4)cc2)c2ccc(C45CC6CC(CC(C6)C4)C5)cc2)cc1C3(C)C. The van der Waals surface area contributed by atoms with Crippen molar-refractivity contribution in [2.24, 2.45) is 24.8 Å². The fourth-order valence-electron chi connectivity index (χ4n) is 12.8. The molecule has 6 aliphatic carbocycles. The molecule has 12 rings (SSSR count). The van der Waals surface area contributed by atoms with Gasteiger partial charge in [-0.2, -0.15) is 0 Å². The van der Waals surface area contributed by atoms with Crippen molar-refractivity contribution < 1.29 is 0 Å². The van der Waals surface area contributed by atoms with E-state index >= 15 is 0 Å². The predicted molar refractivity (Wildman–Crippen MR) is 218 cm³/mol. The summed E-state index contributed by atoms with van der Waals surface area (Å²) in [4.78, 5) is 2.54. The highest BCUT2D eigenvalue weighted by Gasteiger charge is 2.51. The third-order valence-electron chi connectivity index (χ3n) is 15.0. The van der Waals surface area contributed by atoms with Gasteiger partial charge in [-0.15, -0.1) is 0 Å². The highest BCUT2D eigenvalue weighted by Crippen LogP contribution is 2.61. The molecule has 4 bridgehead atoms. The summed E-state index contributed by atoms with van der Waals surface area (Å²) in [5, 5.41) is 2.69. The van der Waals surface area contributed by atoms with Crippen molar-refractivity contribution in [3.63, 3.8) is 0 Å². The molecule has 262 valence electrons. The highest BCUT2D eigenvalue weighted by atomic mass is 15.1. The standard InChI is InChI=1S/C50H52N2/c1-49(2)44-24-23-42-41-11-7-8-12-46(41)51(3)48(42)47(44)43-22-21-40(28-45(43)49)52(38-17-13-36(14-18-38)35-9-5-4-6-10-35)39-19-15-37(16-20-39)50-29-32-25-33(30-50)27-34(26-32)31-50/h7-8,11-24,28,32-35H,4-6,9-10,25-27,29-31H2,1-3H3. The van der Waals surface area contributed by atoms with Gasteiger partial charge in [-0.25, -0.2) is 0 Å². The van der Waals surface area contributed by atoms with E-state index in [9.17, 15) is 0 Å². The summed E-state index contributed by atoms with van der Waals surface area (Å²) in [5.41, 5.74) is 15.5. The van der Waals surface area contributed by atoms with Gasteiger partial charge in [0.15, 0.2) is 0 Å². The van der Waals surface area contributed by atoms with E-state index in [1.807, 2.05) is 0 Å². The molecule has 5 saturated carbocycles. The van der Waals surface area contributed by atoms with E-state index < -0.39 is 0 Å². The van der Waals surface area contributed by atoms with Crippen LogP contribution in [0.2, 0.25) is 0 Å². The lowest BCUT2D eigenvalue weighted by Gasteiger charge is -2.57. The summed E-state index contributed by atoms with van der Waals surface area (Å²) < 4.78 is 2.42. The van der Waals surface area contributed by atoms with Crippen molar-refractivity contribution in [2.45, 2.75) is 101 Å². The van der Waals surface area contributed by atoms with Gasteiger partial charge in [0.1, 0.15) is 0 Å². The number of aryl methyl sites for hydroxylation is 1. The largest absolute Gasteiger partial charge is 0.343 e. The third-order valence-corrected chi connectivity index (χ3v) is 15.0. The summed E-state index contributed by atoms with van der Waals surface area (Å²) in [6.45, 7) is 4.86. The minimum atomic E-state index is -0.107. The molecule has 5 fully saturated rings. The molecule has 0 unspecified atom stereocenters. The van der Waals surface area contributed by atoms with Crippen molar-refractivity contribution in [1.82, 2.24) is 4.57 Å². The van der Waals surface area contributed by atoms with Crippen LogP contribution in [0.25, 0.3) is 32.9 Å². The number of nitrogens with zero attached hydrogens (tertiary/aromatic N) is 2. The number of anilines is 3. The van der Waals surface area contributed by atoms with Crippen molar-refractivity contribution in [2.75, 3.05) is 4.90 Å². The zero-order valence-corrected chi connectivity index (χ0v) is 31.3. The first-order valence-electron chi connectivity index (χ1n) is 20.5. The highest BCUT2D eigenvalue weighted by molar-refractivity contribution is 6.14. The summed E-state index contributed by atoms with van der Waals surface area (Å²) in [5.74, 6) is 3.58. The summed E-state index contributed by atoms with van der Waals surface area (Å²) >= 11 is 0. The summed E-state index contributed by atoms with van der Waals surface area (Å²) in [6, 6.07) is 40.6. The number of rotatable bonds is 5. The second kappa shape index (κ2) is 11.3. The molecule has 0 radical (unpaired) electrons. The number of para-hydroxylation sites is 1. The molecule has 0 spiro atoms. The Hall–Kier alpha value is -4.30. The molecular formula is C50H52N2. The van der Waals surface area contributed by atoms with Crippen LogP contribution in [0.5, 0.6) is 0 Å². The van der Waals surface area contributed by atoms with Crippen LogP contribution in [-0.2, 0) is 17.9 Å². The van der Waals surface area contributed by atoms with Crippen LogP contribution >= 0.6 is 0 Å². The zero-order valence-electron chi connectivity index (χ0n) is 31.3. The van der Waals surface area contributed by atoms with Gasteiger partial charge in [0.05, 0.1) is 5.52 Å². The van der Waals surface area contributed by atoms with Crippen molar-refractivity contribution in [3.05, 3.63) is 125 Å². The molecule has 0 atom stereocenters. The van der Waals surface area contributed by atoms with E-state index in [0.717, 1.165) is 17.8 Å². The molecule has 2 heteroatoms. The van der Waals surface area contributed by atoms with Crippen molar-refractivity contribution >= 4 is 38.9 Å². The van der Waals surface area contributed by atoms with Crippen LogP contribution < -0.4 is 4.90 Å². The maximum absolute atomic E-state index is 2.54. The number of benzene rings is 5. The van der Waals surface area contributed by atoms with Gasteiger partial charge in [0, 0.05) is 51.4 Å². The first-order valence-corrected chi connectivity index (χ1v) is 20.5. The molecule has 5 aromatic carbocycles. The number of fused-ring (bicyclic) bond motifs is 7. The van der Waals surface area contributed by atoms with Crippen LogP contribution in [0.3, 0.4) is 0 Å². The smallest absolute Gasteiger partial charge is 0.0571 e. The summed E-state index contributed by atoms with van der Waals surface area (Å²) in [6.07, 6.45) is 15.5. The lowest BCUT2D eigenvalue weighted by atomic mass is 9.48. The summed E-state index contributed by atoms with van der Waals surface area (Å²) in [7, 11) is 2.25. The van der Waals surface area contributed by atoms with E-state index in [-0.39, 0.29) is 5.41 Å². The Morgan fingerprint density at radius 3 is 1.94 bits per heavy atom. The fraction of sp³-hybridized carbons (Fsp3) is 0.400. The van der Waals surface area contributed by atoms with E-state index in [1.165, 1.54) is 137 Å². The van der Waals surface area contributed by atoms with Crippen LogP contribution in [0.15, 0.2) is 103 Å². The molecule has 0 amide bonds. The molecule has 6 aromatic rings. The number of hydrogen-bond acceptors (Lipinski definition) is 1. The first-order chi connectivity index (χ1) is 25.4. The molecule has 1 heterocycles. The third kappa shape index (κ3) is 4.55.